The Balaban J connectivity index is 2.18. The lowest BCUT2D eigenvalue weighted by atomic mass is 10.2. The monoisotopic (exact) mass is 422 g/mol. The van der Waals surface area contributed by atoms with Crippen molar-refractivity contribution in [2.45, 2.75) is 0 Å². The highest BCUT2D eigenvalue weighted by molar-refractivity contribution is 9.10. The number of nitrogens with zero attached hydrogens (tertiary/aromatic N) is 1. The number of rotatable bonds is 7. The van der Waals surface area contributed by atoms with Gasteiger partial charge in [-0.05, 0) is 34.1 Å². The molecule has 2 aromatic rings. The molecule has 7 nitrogen and oxygen atoms in total. The molecule has 1 N–H and O–H groups in total. The molecule has 138 valence electrons. The molecular formula is C18H19BrN2O5. The number of nitrogens with one attached hydrogen (secondary N) is 1. The van der Waals surface area contributed by atoms with Crippen LogP contribution in [0.5, 0.6) is 23.0 Å². The van der Waals surface area contributed by atoms with Crippen molar-refractivity contribution in [3.63, 3.8) is 0 Å². The SMILES string of the molecule is COc1ccc(C(=O)NN=Cc2cc(Br)c(OC)cc2OC)c(OC)c1. The Morgan fingerprint density at radius 1 is 0.962 bits per heavy atom. The smallest absolute Gasteiger partial charge is 0.275 e. The molecule has 0 bridgehead atoms. The molecule has 0 fully saturated rings. The number of amides is 1. The number of methoxy groups -OCH3 is 4. The molecule has 1 amide bonds. The number of halogens is 1. The van der Waals surface area contributed by atoms with Crippen LogP contribution in [0, 0.1) is 0 Å². The molecular weight excluding hydrogens is 404 g/mol. The highest BCUT2D eigenvalue weighted by Gasteiger charge is 2.13. The Morgan fingerprint density at radius 2 is 1.65 bits per heavy atom. The lowest BCUT2D eigenvalue weighted by molar-refractivity contribution is 0.0952. The van der Waals surface area contributed by atoms with E-state index in [-0.39, 0.29) is 0 Å². The van der Waals surface area contributed by atoms with E-state index in [2.05, 4.69) is 26.5 Å². The molecule has 2 aromatic carbocycles. The molecule has 0 aliphatic rings. The average molecular weight is 423 g/mol. The van der Waals surface area contributed by atoms with E-state index in [0.717, 1.165) is 4.47 Å². The van der Waals surface area contributed by atoms with Crippen LogP contribution in [-0.2, 0) is 0 Å². The standard InChI is InChI=1S/C18H19BrN2O5/c1-23-12-5-6-13(16(8-12)25-3)18(22)21-20-10-11-7-14(19)17(26-4)9-15(11)24-2/h5-10H,1-4H3,(H,21,22). The predicted octanol–water partition coefficient (Wildman–Crippen LogP) is 3.25. The Bertz CT molecular complexity index is 823. The van der Waals surface area contributed by atoms with Gasteiger partial charge in [-0.3, -0.25) is 4.79 Å². The van der Waals surface area contributed by atoms with Gasteiger partial charge in [-0.25, -0.2) is 5.43 Å². The van der Waals surface area contributed by atoms with Crippen molar-refractivity contribution in [1.29, 1.82) is 0 Å². The van der Waals surface area contributed by atoms with Crippen molar-refractivity contribution in [2.75, 3.05) is 28.4 Å². The van der Waals surface area contributed by atoms with Crippen LogP contribution in [0.1, 0.15) is 15.9 Å². The van der Waals surface area contributed by atoms with Crippen LogP contribution < -0.4 is 24.4 Å². The average Bonchev–Trinajstić information content (AvgIpc) is 2.67. The van der Waals surface area contributed by atoms with Crippen LogP contribution in [-0.4, -0.2) is 40.6 Å². The fraction of sp³-hybridized carbons (Fsp3) is 0.222. The summed E-state index contributed by atoms with van der Waals surface area (Å²) in [6.07, 6.45) is 1.48. The third kappa shape index (κ3) is 4.45. The van der Waals surface area contributed by atoms with Gasteiger partial charge in [0.05, 0.1) is 44.7 Å². The molecule has 0 aliphatic heterocycles. The van der Waals surface area contributed by atoms with E-state index in [1.54, 1.807) is 51.7 Å². The minimum atomic E-state index is -0.410. The Kier molecular flexibility index (Phi) is 6.85. The van der Waals surface area contributed by atoms with Crippen molar-refractivity contribution >= 4 is 28.1 Å². The van der Waals surface area contributed by atoms with Crippen LogP contribution in [0.3, 0.4) is 0 Å². The van der Waals surface area contributed by atoms with Gasteiger partial charge in [-0.1, -0.05) is 0 Å². The molecule has 0 heterocycles. The van der Waals surface area contributed by atoms with Gasteiger partial charge in [0, 0.05) is 17.7 Å². The minimum absolute atomic E-state index is 0.341. The largest absolute Gasteiger partial charge is 0.497 e. The topological polar surface area (TPSA) is 78.4 Å². The van der Waals surface area contributed by atoms with E-state index < -0.39 is 5.91 Å². The van der Waals surface area contributed by atoms with E-state index in [0.29, 0.717) is 34.1 Å². The van der Waals surface area contributed by atoms with Crippen LogP contribution in [0.4, 0.5) is 0 Å². The number of hydrogen-bond donors (Lipinski definition) is 1. The normalized spacial score (nSPS) is 10.5. The Labute approximate surface area is 160 Å². The number of carbonyl (C=O) groups is 1. The van der Waals surface area contributed by atoms with Gasteiger partial charge < -0.3 is 18.9 Å². The molecule has 8 heteroatoms. The summed E-state index contributed by atoms with van der Waals surface area (Å²) in [5.74, 6) is 1.76. The van der Waals surface area contributed by atoms with E-state index in [4.69, 9.17) is 18.9 Å². The summed E-state index contributed by atoms with van der Waals surface area (Å²) in [7, 11) is 6.13. The van der Waals surface area contributed by atoms with Crippen LogP contribution in [0.25, 0.3) is 0 Å². The van der Waals surface area contributed by atoms with E-state index in [1.165, 1.54) is 13.3 Å². The molecule has 0 saturated carbocycles. The van der Waals surface area contributed by atoms with Crippen molar-refractivity contribution < 1.29 is 23.7 Å². The highest BCUT2D eigenvalue weighted by atomic mass is 79.9. The van der Waals surface area contributed by atoms with Gasteiger partial charge >= 0.3 is 0 Å². The lowest BCUT2D eigenvalue weighted by Gasteiger charge is -2.10. The summed E-state index contributed by atoms with van der Waals surface area (Å²) in [5.41, 5.74) is 3.48. The first-order valence-electron chi connectivity index (χ1n) is 7.51. The fourth-order valence-electron chi connectivity index (χ4n) is 2.19. The summed E-state index contributed by atoms with van der Waals surface area (Å²) in [6.45, 7) is 0. The summed E-state index contributed by atoms with van der Waals surface area (Å²) in [6, 6.07) is 8.40. The quantitative estimate of drug-likeness (QED) is 0.547. The number of ether oxygens (including phenoxy) is 4. The lowest BCUT2D eigenvalue weighted by Crippen LogP contribution is -2.18. The van der Waals surface area contributed by atoms with Gasteiger partial charge in [-0.2, -0.15) is 5.10 Å². The summed E-state index contributed by atoms with van der Waals surface area (Å²) in [4.78, 5) is 12.3. The Hall–Kier alpha value is -2.74. The summed E-state index contributed by atoms with van der Waals surface area (Å²) >= 11 is 3.40. The third-order valence-corrected chi connectivity index (χ3v) is 4.15. The van der Waals surface area contributed by atoms with Crippen LogP contribution >= 0.6 is 15.9 Å². The van der Waals surface area contributed by atoms with E-state index in [9.17, 15) is 4.79 Å². The van der Waals surface area contributed by atoms with Gasteiger partial charge in [-0.15, -0.1) is 0 Å². The molecule has 0 spiro atoms. The number of benzene rings is 2. The van der Waals surface area contributed by atoms with E-state index >= 15 is 0 Å². The molecule has 0 saturated heterocycles. The maximum Gasteiger partial charge on any atom is 0.275 e. The zero-order chi connectivity index (χ0) is 19.1. The maximum atomic E-state index is 12.3. The molecule has 0 radical (unpaired) electrons. The van der Waals surface area contributed by atoms with Crippen molar-refractivity contribution in [2.24, 2.45) is 5.10 Å². The second-order valence-electron chi connectivity index (χ2n) is 4.99. The first-order valence-corrected chi connectivity index (χ1v) is 8.30. The number of hydrogen-bond acceptors (Lipinski definition) is 6. The van der Waals surface area contributed by atoms with Gasteiger partial charge in [0.1, 0.15) is 23.0 Å². The summed E-state index contributed by atoms with van der Waals surface area (Å²) < 4.78 is 21.6. The molecule has 26 heavy (non-hydrogen) atoms. The van der Waals surface area contributed by atoms with Gasteiger partial charge in [0.15, 0.2) is 0 Å². The van der Waals surface area contributed by atoms with Crippen molar-refractivity contribution in [3.05, 3.63) is 45.9 Å². The molecule has 0 aliphatic carbocycles. The fourth-order valence-corrected chi connectivity index (χ4v) is 2.71. The molecule has 0 aromatic heterocycles. The second kappa shape index (κ2) is 9.10. The molecule has 2 rings (SSSR count). The third-order valence-electron chi connectivity index (χ3n) is 3.53. The minimum Gasteiger partial charge on any atom is -0.497 e. The first-order chi connectivity index (χ1) is 12.5. The summed E-state index contributed by atoms with van der Waals surface area (Å²) in [5, 5.41) is 3.99. The van der Waals surface area contributed by atoms with Gasteiger partial charge in [0.2, 0.25) is 0 Å². The zero-order valence-corrected chi connectivity index (χ0v) is 16.4. The molecule has 0 unspecified atom stereocenters. The van der Waals surface area contributed by atoms with Crippen LogP contribution in [0.15, 0.2) is 39.9 Å². The van der Waals surface area contributed by atoms with Crippen LogP contribution in [0.2, 0.25) is 0 Å². The van der Waals surface area contributed by atoms with Gasteiger partial charge in [0.25, 0.3) is 5.91 Å². The highest BCUT2D eigenvalue weighted by Crippen LogP contribution is 2.32. The maximum absolute atomic E-state index is 12.3. The number of carbonyl (C=O) groups excluding carboxylic acids is 1. The Morgan fingerprint density at radius 3 is 2.27 bits per heavy atom. The van der Waals surface area contributed by atoms with Crippen molar-refractivity contribution in [1.82, 2.24) is 5.43 Å². The number of hydrazone groups is 1. The van der Waals surface area contributed by atoms with Crippen molar-refractivity contribution in [3.8, 4) is 23.0 Å². The molecule has 0 atom stereocenters. The zero-order valence-electron chi connectivity index (χ0n) is 14.8. The second-order valence-corrected chi connectivity index (χ2v) is 5.85. The first kappa shape index (κ1) is 19.6. The van der Waals surface area contributed by atoms with E-state index in [1.807, 2.05) is 0 Å². The predicted molar refractivity (Wildman–Crippen MR) is 102 cm³/mol.